The zero-order valence-corrected chi connectivity index (χ0v) is 12.7. The highest BCUT2D eigenvalue weighted by Crippen LogP contribution is 2.21. The van der Waals surface area contributed by atoms with Crippen LogP contribution in [0.3, 0.4) is 0 Å². The van der Waals surface area contributed by atoms with Gasteiger partial charge in [0.1, 0.15) is 11.6 Å². The van der Waals surface area contributed by atoms with E-state index in [2.05, 4.69) is 15.6 Å². The molecular formula is C12H20N4O3S. The highest BCUT2D eigenvalue weighted by molar-refractivity contribution is 7.84. The summed E-state index contributed by atoms with van der Waals surface area (Å²) in [7, 11) is -0.933. The second-order valence-electron chi connectivity index (χ2n) is 4.56. The molecule has 1 aromatic heterocycles. The van der Waals surface area contributed by atoms with Crippen LogP contribution in [0.25, 0.3) is 0 Å². The largest absolute Gasteiger partial charge is 0.370 e. The Morgan fingerprint density at radius 1 is 1.45 bits per heavy atom. The highest BCUT2D eigenvalue weighted by atomic mass is 32.2. The molecule has 0 aromatic carbocycles. The van der Waals surface area contributed by atoms with Gasteiger partial charge in [0.05, 0.1) is 17.1 Å². The molecule has 2 unspecified atom stereocenters. The minimum absolute atomic E-state index is 0.0223. The molecule has 2 atom stereocenters. The Kier molecular flexibility index (Phi) is 6.37. The third-order valence-electron chi connectivity index (χ3n) is 2.46. The van der Waals surface area contributed by atoms with Crippen molar-refractivity contribution in [2.45, 2.75) is 26.3 Å². The van der Waals surface area contributed by atoms with Gasteiger partial charge in [-0.3, -0.25) is 14.3 Å². The van der Waals surface area contributed by atoms with Crippen LogP contribution in [-0.2, 0) is 10.8 Å². The Hall–Kier alpha value is -1.70. The van der Waals surface area contributed by atoms with E-state index < -0.39 is 15.7 Å². The molecule has 0 amide bonds. The van der Waals surface area contributed by atoms with E-state index in [4.69, 9.17) is 0 Å². The van der Waals surface area contributed by atoms with E-state index in [1.54, 1.807) is 6.26 Å². The molecule has 0 aliphatic heterocycles. The number of aromatic nitrogens is 1. The van der Waals surface area contributed by atoms with Crippen LogP contribution in [0.4, 0.5) is 17.3 Å². The van der Waals surface area contributed by atoms with Crippen LogP contribution in [0.2, 0.25) is 0 Å². The van der Waals surface area contributed by atoms with E-state index in [0.29, 0.717) is 23.9 Å². The van der Waals surface area contributed by atoms with E-state index in [1.807, 2.05) is 13.8 Å². The van der Waals surface area contributed by atoms with Crippen molar-refractivity contribution >= 4 is 28.1 Å². The first-order valence-corrected chi connectivity index (χ1v) is 8.12. The van der Waals surface area contributed by atoms with Gasteiger partial charge in [0, 0.05) is 35.4 Å². The molecule has 1 rings (SSSR count). The molecule has 7 nitrogen and oxygen atoms in total. The zero-order chi connectivity index (χ0) is 15.1. The van der Waals surface area contributed by atoms with Gasteiger partial charge < -0.3 is 10.6 Å². The van der Waals surface area contributed by atoms with Gasteiger partial charge in [-0.1, -0.05) is 6.92 Å². The maximum absolute atomic E-state index is 11.2. The number of pyridine rings is 1. The minimum Gasteiger partial charge on any atom is -0.370 e. The molecule has 0 saturated carbocycles. The summed E-state index contributed by atoms with van der Waals surface area (Å²) >= 11 is 0. The lowest BCUT2D eigenvalue weighted by Crippen LogP contribution is -2.23. The van der Waals surface area contributed by atoms with E-state index in [-0.39, 0.29) is 11.7 Å². The van der Waals surface area contributed by atoms with Crippen molar-refractivity contribution in [3.63, 3.8) is 0 Å². The van der Waals surface area contributed by atoms with Gasteiger partial charge in [-0.05, 0) is 13.3 Å². The number of hydrogen-bond acceptors (Lipinski definition) is 6. The highest BCUT2D eigenvalue weighted by Gasteiger charge is 2.13. The second kappa shape index (κ2) is 7.78. The first kappa shape index (κ1) is 16.4. The second-order valence-corrected chi connectivity index (χ2v) is 6.04. The Morgan fingerprint density at radius 3 is 2.65 bits per heavy atom. The van der Waals surface area contributed by atoms with Crippen molar-refractivity contribution in [1.82, 2.24) is 4.98 Å². The lowest BCUT2D eigenvalue weighted by molar-refractivity contribution is -0.384. The average molecular weight is 300 g/mol. The number of nitrogens with one attached hydrogen (secondary N) is 2. The van der Waals surface area contributed by atoms with Crippen LogP contribution in [0.15, 0.2) is 12.1 Å². The molecular weight excluding hydrogens is 280 g/mol. The van der Waals surface area contributed by atoms with E-state index in [9.17, 15) is 14.3 Å². The van der Waals surface area contributed by atoms with Crippen LogP contribution in [0.1, 0.15) is 20.3 Å². The number of nitrogens with zero attached hydrogens (tertiary/aromatic N) is 2. The van der Waals surface area contributed by atoms with Gasteiger partial charge in [-0.25, -0.2) is 4.98 Å². The molecule has 0 radical (unpaired) electrons. The molecule has 112 valence electrons. The van der Waals surface area contributed by atoms with Crippen molar-refractivity contribution in [3.05, 3.63) is 22.2 Å². The summed E-state index contributed by atoms with van der Waals surface area (Å²) in [6.45, 7) is 4.56. The Morgan fingerprint density at radius 2 is 2.10 bits per heavy atom. The average Bonchev–Trinajstić information content (AvgIpc) is 2.34. The fourth-order valence-corrected chi connectivity index (χ4v) is 2.47. The fourth-order valence-electron chi connectivity index (χ4n) is 1.69. The van der Waals surface area contributed by atoms with Gasteiger partial charge in [0.2, 0.25) is 0 Å². The zero-order valence-electron chi connectivity index (χ0n) is 11.9. The van der Waals surface area contributed by atoms with Gasteiger partial charge in [0.15, 0.2) is 0 Å². The van der Waals surface area contributed by atoms with Crippen molar-refractivity contribution < 1.29 is 9.13 Å². The SMILES string of the molecule is CCCNc1cc([N+](=O)[O-])cc(NC(C)CS(C)=O)n1. The first-order chi connectivity index (χ1) is 9.42. The van der Waals surface area contributed by atoms with Crippen LogP contribution < -0.4 is 10.6 Å². The Labute approximate surface area is 120 Å². The molecule has 1 heterocycles. The first-order valence-electron chi connectivity index (χ1n) is 6.39. The summed E-state index contributed by atoms with van der Waals surface area (Å²) < 4.78 is 11.2. The molecule has 0 aliphatic rings. The molecule has 8 heteroatoms. The maximum Gasteiger partial charge on any atom is 0.276 e. The minimum atomic E-state index is -0.933. The molecule has 0 fully saturated rings. The van der Waals surface area contributed by atoms with Crippen LogP contribution >= 0.6 is 0 Å². The summed E-state index contributed by atoms with van der Waals surface area (Å²) in [4.78, 5) is 14.7. The van der Waals surface area contributed by atoms with Gasteiger partial charge in [0.25, 0.3) is 5.69 Å². The Balaban J connectivity index is 2.90. The molecule has 2 N–H and O–H groups in total. The lowest BCUT2D eigenvalue weighted by Gasteiger charge is -2.14. The standard InChI is InChI=1S/C12H20N4O3S/c1-4-5-13-11-6-10(16(17)18)7-12(15-11)14-9(2)8-20(3)19/h6-7,9H,4-5,8H2,1-3H3,(H2,13,14,15). The third-order valence-corrected chi connectivity index (χ3v) is 3.43. The smallest absolute Gasteiger partial charge is 0.276 e. The molecule has 20 heavy (non-hydrogen) atoms. The van der Waals surface area contributed by atoms with Crippen molar-refractivity contribution in [2.24, 2.45) is 0 Å². The summed E-state index contributed by atoms with van der Waals surface area (Å²) in [5.74, 6) is 1.34. The van der Waals surface area contributed by atoms with Crippen LogP contribution in [0, 0.1) is 10.1 Å². The molecule has 0 bridgehead atoms. The van der Waals surface area contributed by atoms with E-state index in [1.165, 1.54) is 12.1 Å². The lowest BCUT2D eigenvalue weighted by atomic mass is 10.3. The summed E-state index contributed by atoms with van der Waals surface area (Å²) in [6.07, 6.45) is 2.52. The quantitative estimate of drug-likeness (QED) is 0.563. The monoisotopic (exact) mass is 300 g/mol. The predicted octanol–water partition coefficient (Wildman–Crippen LogP) is 1.99. The molecule has 0 spiro atoms. The van der Waals surface area contributed by atoms with Gasteiger partial charge >= 0.3 is 0 Å². The van der Waals surface area contributed by atoms with Crippen LogP contribution in [-0.4, -0.2) is 38.7 Å². The summed E-state index contributed by atoms with van der Waals surface area (Å²) in [5, 5.41) is 17.0. The summed E-state index contributed by atoms with van der Waals surface area (Å²) in [6, 6.07) is 2.71. The molecule has 1 aromatic rings. The van der Waals surface area contributed by atoms with E-state index >= 15 is 0 Å². The fraction of sp³-hybridized carbons (Fsp3) is 0.583. The van der Waals surface area contributed by atoms with E-state index in [0.717, 1.165) is 6.42 Å². The summed E-state index contributed by atoms with van der Waals surface area (Å²) in [5.41, 5.74) is -0.0223. The maximum atomic E-state index is 11.2. The number of anilines is 2. The van der Waals surface area contributed by atoms with Crippen molar-refractivity contribution in [1.29, 1.82) is 0 Å². The van der Waals surface area contributed by atoms with Crippen molar-refractivity contribution in [2.75, 3.05) is 29.2 Å². The van der Waals surface area contributed by atoms with Gasteiger partial charge in [-0.2, -0.15) is 0 Å². The molecule has 0 saturated heterocycles. The van der Waals surface area contributed by atoms with Crippen LogP contribution in [0.5, 0.6) is 0 Å². The van der Waals surface area contributed by atoms with Crippen molar-refractivity contribution in [3.8, 4) is 0 Å². The predicted molar refractivity (Wildman–Crippen MR) is 81.7 cm³/mol. The Bertz CT molecular complexity index is 496. The molecule has 0 aliphatic carbocycles. The van der Waals surface area contributed by atoms with Gasteiger partial charge in [-0.15, -0.1) is 0 Å². The normalized spacial score (nSPS) is 13.6. The third kappa shape index (κ3) is 5.52. The number of rotatable bonds is 8. The topological polar surface area (TPSA) is 97.2 Å². The number of nitro groups is 1. The number of hydrogen-bond donors (Lipinski definition) is 2.